The van der Waals surface area contributed by atoms with Crippen LogP contribution in [0.4, 0.5) is 5.13 Å². The smallest absolute Gasteiger partial charge is 0.180 e. The van der Waals surface area contributed by atoms with Crippen molar-refractivity contribution < 1.29 is 0 Å². The number of nitrogen functional groups attached to an aromatic ring is 1. The van der Waals surface area contributed by atoms with Gasteiger partial charge in [-0.2, -0.15) is 0 Å². The first kappa shape index (κ1) is 13.2. The van der Waals surface area contributed by atoms with Gasteiger partial charge in [-0.3, -0.25) is 0 Å². The van der Waals surface area contributed by atoms with Gasteiger partial charge >= 0.3 is 0 Å². The van der Waals surface area contributed by atoms with E-state index in [1.54, 1.807) is 6.20 Å². The molecule has 0 spiro atoms. The second kappa shape index (κ2) is 5.86. The average molecular weight is 249 g/mol. The lowest BCUT2D eigenvalue weighted by Gasteiger charge is -1.92. The summed E-state index contributed by atoms with van der Waals surface area (Å²) in [6.45, 7) is 0. The van der Waals surface area contributed by atoms with Gasteiger partial charge in [0, 0.05) is 6.20 Å². The third-order valence-corrected chi connectivity index (χ3v) is 2.46. The number of hydrogen-bond acceptors (Lipinski definition) is 3. The number of nitrogens with zero attached hydrogens (tertiary/aromatic N) is 1. The molecule has 0 atom stereocenters. The van der Waals surface area contributed by atoms with E-state index in [1.807, 2.05) is 30.3 Å². The van der Waals surface area contributed by atoms with Crippen LogP contribution in [0.2, 0.25) is 0 Å². The van der Waals surface area contributed by atoms with Gasteiger partial charge in [-0.1, -0.05) is 41.7 Å². The SMILES string of the molecule is Cl.Cl.Nc1ncc(-c2ccccc2)s1. The minimum atomic E-state index is 0. The summed E-state index contributed by atoms with van der Waals surface area (Å²) in [6, 6.07) is 10.1. The van der Waals surface area contributed by atoms with Crippen molar-refractivity contribution >= 4 is 41.3 Å². The van der Waals surface area contributed by atoms with Crippen LogP contribution in [-0.2, 0) is 0 Å². The van der Waals surface area contributed by atoms with Crippen LogP contribution in [0.3, 0.4) is 0 Å². The average Bonchev–Trinajstić information content (AvgIpc) is 2.54. The van der Waals surface area contributed by atoms with Gasteiger partial charge in [-0.25, -0.2) is 4.98 Å². The first-order chi connectivity index (χ1) is 5.86. The number of benzene rings is 1. The maximum absolute atomic E-state index is 5.52. The molecule has 0 radical (unpaired) electrons. The predicted molar refractivity (Wildman–Crippen MR) is 66.5 cm³/mol. The van der Waals surface area contributed by atoms with E-state index in [1.165, 1.54) is 16.9 Å². The van der Waals surface area contributed by atoms with E-state index >= 15 is 0 Å². The van der Waals surface area contributed by atoms with E-state index < -0.39 is 0 Å². The normalized spacial score (nSPS) is 8.57. The van der Waals surface area contributed by atoms with Crippen LogP contribution >= 0.6 is 36.2 Å². The van der Waals surface area contributed by atoms with Gasteiger partial charge in [-0.15, -0.1) is 24.8 Å². The van der Waals surface area contributed by atoms with Gasteiger partial charge in [0.15, 0.2) is 5.13 Å². The number of rotatable bonds is 1. The molecule has 76 valence electrons. The summed E-state index contributed by atoms with van der Waals surface area (Å²) >= 11 is 1.51. The monoisotopic (exact) mass is 248 g/mol. The Morgan fingerprint density at radius 2 is 1.71 bits per heavy atom. The van der Waals surface area contributed by atoms with Crippen molar-refractivity contribution in [2.75, 3.05) is 5.73 Å². The number of halogens is 2. The van der Waals surface area contributed by atoms with Crippen molar-refractivity contribution in [2.24, 2.45) is 0 Å². The molecule has 0 aliphatic rings. The summed E-state index contributed by atoms with van der Waals surface area (Å²) in [5, 5.41) is 0.619. The molecular weight excluding hydrogens is 239 g/mol. The Kier molecular flexibility index (Phi) is 5.53. The molecule has 0 amide bonds. The first-order valence-electron chi connectivity index (χ1n) is 3.63. The Balaban J connectivity index is 0.000000845. The summed E-state index contributed by atoms with van der Waals surface area (Å²) in [7, 11) is 0. The van der Waals surface area contributed by atoms with E-state index in [-0.39, 0.29) is 24.8 Å². The summed E-state index contributed by atoms with van der Waals surface area (Å²) in [6.07, 6.45) is 1.80. The van der Waals surface area contributed by atoms with Gasteiger partial charge in [0.2, 0.25) is 0 Å². The molecule has 5 heteroatoms. The zero-order valence-electron chi connectivity index (χ0n) is 7.21. The lowest BCUT2D eigenvalue weighted by Crippen LogP contribution is -1.77. The maximum atomic E-state index is 5.52. The molecule has 2 rings (SSSR count). The molecule has 0 saturated carbocycles. The molecule has 0 bridgehead atoms. The molecule has 0 fully saturated rings. The molecule has 2 nitrogen and oxygen atoms in total. The van der Waals surface area contributed by atoms with Crippen LogP contribution in [0.15, 0.2) is 36.5 Å². The number of anilines is 1. The van der Waals surface area contributed by atoms with Gasteiger partial charge in [0.05, 0.1) is 4.88 Å². The van der Waals surface area contributed by atoms with Crippen molar-refractivity contribution in [2.45, 2.75) is 0 Å². The lowest BCUT2D eigenvalue weighted by atomic mass is 10.2. The van der Waals surface area contributed by atoms with Gasteiger partial charge < -0.3 is 5.73 Å². The number of aromatic nitrogens is 1. The van der Waals surface area contributed by atoms with E-state index in [0.29, 0.717) is 5.13 Å². The standard InChI is InChI=1S/C9H8N2S.2ClH/c10-9-11-6-8(12-9)7-4-2-1-3-5-7;;/h1-6H,(H2,10,11);2*1H. The van der Waals surface area contributed by atoms with Gasteiger partial charge in [0.25, 0.3) is 0 Å². The Morgan fingerprint density at radius 3 is 2.21 bits per heavy atom. The van der Waals surface area contributed by atoms with E-state index in [9.17, 15) is 0 Å². The van der Waals surface area contributed by atoms with Crippen molar-refractivity contribution in [1.82, 2.24) is 4.98 Å². The number of nitrogens with two attached hydrogens (primary N) is 1. The number of thiazole rings is 1. The first-order valence-corrected chi connectivity index (χ1v) is 4.44. The second-order valence-corrected chi connectivity index (χ2v) is 3.49. The second-order valence-electron chi connectivity index (χ2n) is 2.43. The quantitative estimate of drug-likeness (QED) is 0.842. The fourth-order valence-electron chi connectivity index (χ4n) is 1.02. The topological polar surface area (TPSA) is 38.9 Å². The highest BCUT2D eigenvalue weighted by Gasteiger charge is 1.99. The largest absolute Gasteiger partial charge is 0.375 e. The molecule has 0 aliphatic carbocycles. The predicted octanol–water partition coefficient (Wildman–Crippen LogP) is 3.24. The Morgan fingerprint density at radius 1 is 1.07 bits per heavy atom. The summed E-state index contributed by atoms with van der Waals surface area (Å²) in [4.78, 5) is 5.11. The van der Waals surface area contributed by atoms with Crippen LogP contribution in [0.5, 0.6) is 0 Å². The highest BCUT2D eigenvalue weighted by Crippen LogP contribution is 2.26. The highest BCUT2D eigenvalue weighted by molar-refractivity contribution is 7.18. The highest BCUT2D eigenvalue weighted by atomic mass is 35.5. The van der Waals surface area contributed by atoms with Crippen molar-refractivity contribution in [3.8, 4) is 10.4 Å². The minimum Gasteiger partial charge on any atom is -0.375 e. The molecule has 1 aromatic heterocycles. The molecule has 2 N–H and O–H groups in total. The zero-order chi connectivity index (χ0) is 8.39. The Labute approximate surface area is 99.0 Å². The molecule has 1 aromatic carbocycles. The molecule has 2 aromatic rings. The fraction of sp³-hybridized carbons (Fsp3) is 0. The number of hydrogen-bond donors (Lipinski definition) is 1. The fourth-order valence-corrected chi connectivity index (χ4v) is 1.71. The third-order valence-electron chi connectivity index (χ3n) is 1.58. The van der Waals surface area contributed by atoms with Crippen molar-refractivity contribution in [1.29, 1.82) is 0 Å². The van der Waals surface area contributed by atoms with E-state index in [2.05, 4.69) is 4.98 Å². The Bertz CT molecular complexity index is 375. The molecular formula is C9H10Cl2N2S. The molecule has 1 heterocycles. The Hall–Kier alpha value is -0.770. The van der Waals surface area contributed by atoms with Crippen LogP contribution in [0, 0.1) is 0 Å². The third kappa shape index (κ3) is 2.87. The summed E-state index contributed by atoms with van der Waals surface area (Å²) < 4.78 is 0. The van der Waals surface area contributed by atoms with Gasteiger partial charge in [-0.05, 0) is 5.56 Å². The zero-order valence-corrected chi connectivity index (χ0v) is 9.66. The molecule has 14 heavy (non-hydrogen) atoms. The molecule has 0 aliphatic heterocycles. The minimum absolute atomic E-state index is 0. The molecule has 0 unspecified atom stereocenters. The van der Waals surface area contributed by atoms with Gasteiger partial charge in [0.1, 0.15) is 0 Å². The van der Waals surface area contributed by atoms with E-state index in [0.717, 1.165) is 4.88 Å². The van der Waals surface area contributed by atoms with E-state index in [4.69, 9.17) is 5.73 Å². The van der Waals surface area contributed by atoms with Crippen LogP contribution in [0.1, 0.15) is 0 Å². The van der Waals surface area contributed by atoms with Crippen molar-refractivity contribution in [3.05, 3.63) is 36.5 Å². The van der Waals surface area contributed by atoms with Crippen molar-refractivity contribution in [3.63, 3.8) is 0 Å². The molecule has 0 saturated heterocycles. The van der Waals surface area contributed by atoms with Crippen LogP contribution in [0.25, 0.3) is 10.4 Å². The maximum Gasteiger partial charge on any atom is 0.180 e. The van der Waals surface area contributed by atoms with Crippen LogP contribution < -0.4 is 5.73 Å². The lowest BCUT2D eigenvalue weighted by molar-refractivity contribution is 1.42. The van der Waals surface area contributed by atoms with Crippen LogP contribution in [-0.4, -0.2) is 4.98 Å². The summed E-state index contributed by atoms with van der Waals surface area (Å²) in [5.74, 6) is 0. The summed E-state index contributed by atoms with van der Waals surface area (Å²) in [5.41, 5.74) is 6.70.